The number of nitrogens with one attached hydrogen (secondary N) is 1. The van der Waals surface area contributed by atoms with E-state index in [2.05, 4.69) is 10.3 Å². The molecule has 1 amide bonds. The Kier molecular flexibility index (Phi) is 6.81. The zero-order chi connectivity index (χ0) is 28.7. The third-order valence-corrected chi connectivity index (χ3v) is 8.45. The SMILES string of the molecule is CC(=O)NC(c1ccc(Cl)cc1)(c1ccc2c(c1)c(-c1nc(-c3ccccc3)cs1)cc(=O)n2C)c1cncn1C. The van der Waals surface area contributed by atoms with Crippen LogP contribution in [0.15, 0.2) is 102 Å². The number of carbonyl (C=O) groups is 1. The van der Waals surface area contributed by atoms with Gasteiger partial charge in [0.1, 0.15) is 10.5 Å². The van der Waals surface area contributed by atoms with Gasteiger partial charge in [-0.05, 0) is 35.4 Å². The Morgan fingerprint density at radius 3 is 2.39 bits per heavy atom. The van der Waals surface area contributed by atoms with E-state index < -0.39 is 5.54 Å². The van der Waals surface area contributed by atoms with Crippen LogP contribution >= 0.6 is 22.9 Å². The fourth-order valence-corrected chi connectivity index (χ4v) is 6.35. The van der Waals surface area contributed by atoms with Crippen LogP contribution in [0.5, 0.6) is 0 Å². The van der Waals surface area contributed by atoms with Crippen molar-refractivity contribution in [2.75, 3.05) is 0 Å². The maximum Gasteiger partial charge on any atom is 0.251 e. The Morgan fingerprint density at radius 2 is 1.71 bits per heavy atom. The standard InChI is InChI=1S/C32H26ClN5O2S/c1-20(39)36-32(29-17-34-19-37(29)2,22-9-12-24(33)13-10-22)23-11-14-28-25(15-23)26(16-30(40)38(28)3)31-35-27(18-41-31)21-7-5-4-6-8-21/h4-19H,1-3H3,(H,36,39). The summed E-state index contributed by atoms with van der Waals surface area (Å²) in [6, 6.07) is 24.9. The van der Waals surface area contributed by atoms with Crippen molar-refractivity contribution in [3.8, 4) is 21.8 Å². The van der Waals surface area contributed by atoms with Crippen molar-refractivity contribution >= 4 is 39.7 Å². The van der Waals surface area contributed by atoms with E-state index in [0.717, 1.165) is 49.6 Å². The number of nitrogens with zero attached hydrogens (tertiary/aromatic N) is 4. The van der Waals surface area contributed by atoms with Gasteiger partial charge in [-0.2, -0.15) is 0 Å². The van der Waals surface area contributed by atoms with Crippen molar-refractivity contribution in [2.45, 2.75) is 12.5 Å². The number of rotatable bonds is 6. The van der Waals surface area contributed by atoms with E-state index in [1.807, 2.05) is 77.7 Å². The number of thiazole rings is 1. The summed E-state index contributed by atoms with van der Waals surface area (Å²) in [5, 5.41) is 7.40. The van der Waals surface area contributed by atoms with E-state index in [0.29, 0.717) is 5.02 Å². The van der Waals surface area contributed by atoms with E-state index in [-0.39, 0.29) is 11.5 Å². The summed E-state index contributed by atoms with van der Waals surface area (Å²) in [5.74, 6) is -0.214. The predicted octanol–water partition coefficient (Wildman–Crippen LogP) is 6.14. The molecule has 0 radical (unpaired) electrons. The fraction of sp³-hybridized carbons (Fsp3) is 0.125. The number of benzene rings is 3. The number of aromatic nitrogens is 4. The fourth-order valence-electron chi connectivity index (χ4n) is 5.36. The molecule has 3 aromatic heterocycles. The van der Waals surface area contributed by atoms with Crippen LogP contribution in [0.25, 0.3) is 32.7 Å². The maximum absolute atomic E-state index is 13.1. The lowest BCUT2D eigenvalue weighted by atomic mass is 9.79. The second-order valence-corrected chi connectivity index (χ2v) is 11.2. The summed E-state index contributed by atoms with van der Waals surface area (Å²) in [6.07, 6.45) is 3.46. The minimum Gasteiger partial charge on any atom is -0.337 e. The lowest BCUT2D eigenvalue weighted by Gasteiger charge is -2.36. The van der Waals surface area contributed by atoms with Gasteiger partial charge in [0, 0.05) is 54.0 Å². The molecule has 204 valence electrons. The highest BCUT2D eigenvalue weighted by molar-refractivity contribution is 7.13. The average Bonchev–Trinajstić information content (AvgIpc) is 3.64. The van der Waals surface area contributed by atoms with E-state index >= 15 is 0 Å². The van der Waals surface area contributed by atoms with Crippen LogP contribution in [-0.4, -0.2) is 25.0 Å². The zero-order valence-electron chi connectivity index (χ0n) is 22.6. The van der Waals surface area contributed by atoms with E-state index in [1.54, 1.807) is 42.3 Å². The first kappa shape index (κ1) is 26.7. The summed E-state index contributed by atoms with van der Waals surface area (Å²) in [7, 11) is 3.65. The zero-order valence-corrected chi connectivity index (χ0v) is 24.2. The summed E-state index contributed by atoms with van der Waals surface area (Å²) >= 11 is 7.76. The molecule has 1 N–H and O–H groups in total. The normalized spacial score (nSPS) is 12.8. The predicted molar refractivity (Wildman–Crippen MR) is 164 cm³/mol. The number of hydrogen-bond donors (Lipinski definition) is 1. The first-order valence-electron chi connectivity index (χ1n) is 12.9. The van der Waals surface area contributed by atoms with Crippen molar-refractivity contribution in [1.82, 2.24) is 24.4 Å². The van der Waals surface area contributed by atoms with Gasteiger partial charge in [-0.15, -0.1) is 11.3 Å². The molecule has 1 atom stereocenters. The molecule has 1 unspecified atom stereocenters. The monoisotopic (exact) mass is 579 g/mol. The molecule has 0 aliphatic rings. The maximum atomic E-state index is 13.1. The highest BCUT2D eigenvalue weighted by atomic mass is 35.5. The molecule has 41 heavy (non-hydrogen) atoms. The number of carbonyl (C=O) groups excluding carboxylic acids is 1. The number of halogens is 1. The minimum atomic E-state index is -1.10. The van der Waals surface area contributed by atoms with Crippen LogP contribution in [0, 0.1) is 0 Å². The average molecular weight is 580 g/mol. The van der Waals surface area contributed by atoms with Crippen molar-refractivity contribution < 1.29 is 4.79 Å². The molecular formula is C32H26ClN5O2S. The van der Waals surface area contributed by atoms with E-state index in [4.69, 9.17) is 16.6 Å². The molecule has 0 fully saturated rings. The van der Waals surface area contributed by atoms with Gasteiger partial charge in [0.05, 0.1) is 29.4 Å². The molecule has 7 nitrogen and oxygen atoms in total. The first-order chi connectivity index (χ1) is 19.8. The smallest absolute Gasteiger partial charge is 0.251 e. The summed E-state index contributed by atoms with van der Waals surface area (Å²) in [5.41, 5.74) is 4.49. The molecule has 0 aliphatic carbocycles. The molecule has 3 heterocycles. The topological polar surface area (TPSA) is 81.8 Å². The minimum absolute atomic E-state index is 0.130. The quantitative estimate of drug-likeness (QED) is 0.257. The second-order valence-electron chi connectivity index (χ2n) is 9.92. The van der Waals surface area contributed by atoms with Gasteiger partial charge >= 0.3 is 0 Å². The van der Waals surface area contributed by atoms with Crippen LogP contribution in [0.1, 0.15) is 23.7 Å². The Hall–Kier alpha value is -4.53. The van der Waals surface area contributed by atoms with Crippen molar-refractivity contribution in [2.24, 2.45) is 14.1 Å². The molecule has 3 aromatic carbocycles. The van der Waals surface area contributed by atoms with Crippen molar-refractivity contribution in [3.05, 3.63) is 129 Å². The Balaban J connectivity index is 1.64. The Bertz CT molecular complexity index is 1960. The van der Waals surface area contributed by atoms with E-state index in [9.17, 15) is 9.59 Å². The molecule has 0 saturated carbocycles. The molecule has 6 rings (SSSR count). The van der Waals surface area contributed by atoms with Gasteiger partial charge in [-0.25, -0.2) is 9.97 Å². The molecular weight excluding hydrogens is 554 g/mol. The molecule has 6 aromatic rings. The lowest BCUT2D eigenvalue weighted by Crippen LogP contribution is -2.48. The lowest BCUT2D eigenvalue weighted by molar-refractivity contribution is -0.120. The number of imidazole rings is 1. The summed E-state index contributed by atoms with van der Waals surface area (Å²) < 4.78 is 3.52. The number of hydrogen-bond acceptors (Lipinski definition) is 5. The van der Waals surface area contributed by atoms with Gasteiger partial charge in [0.2, 0.25) is 5.91 Å². The molecule has 0 bridgehead atoms. The molecule has 9 heteroatoms. The number of pyridine rings is 1. The van der Waals surface area contributed by atoms with Crippen LogP contribution in [0.4, 0.5) is 0 Å². The van der Waals surface area contributed by atoms with Crippen LogP contribution < -0.4 is 10.9 Å². The van der Waals surface area contributed by atoms with Gasteiger partial charge in [-0.1, -0.05) is 60.1 Å². The van der Waals surface area contributed by atoms with Crippen LogP contribution in [0.2, 0.25) is 5.02 Å². The van der Waals surface area contributed by atoms with Crippen LogP contribution in [-0.2, 0) is 24.4 Å². The molecule has 0 saturated heterocycles. The third kappa shape index (κ3) is 4.65. The Morgan fingerprint density at radius 1 is 0.976 bits per heavy atom. The highest BCUT2D eigenvalue weighted by Crippen LogP contribution is 2.40. The Labute approximate surface area is 245 Å². The van der Waals surface area contributed by atoms with Crippen molar-refractivity contribution in [1.29, 1.82) is 0 Å². The molecule has 0 spiro atoms. The second kappa shape index (κ2) is 10.5. The first-order valence-corrected chi connectivity index (χ1v) is 14.2. The van der Waals surface area contributed by atoms with Crippen molar-refractivity contribution in [3.63, 3.8) is 0 Å². The summed E-state index contributed by atoms with van der Waals surface area (Å²) in [4.78, 5) is 35.2. The van der Waals surface area contributed by atoms with Gasteiger partial charge < -0.3 is 14.5 Å². The largest absolute Gasteiger partial charge is 0.337 e. The van der Waals surface area contributed by atoms with Gasteiger partial charge in [-0.3, -0.25) is 9.59 Å². The third-order valence-electron chi connectivity index (χ3n) is 7.33. The van der Waals surface area contributed by atoms with Gasteiger partial charge in [0.25, 0.3) is 5.56 Å². The van der Waals surface area contributed by atoms with E-state index in [1.165, 1.54) is 18.3 Å². The highest BCUT2D eigenvalue weighted by Gasteiger charge is 2.40. The number of fused-ring (bicyclic) bond motifs is 1. The number of amides is 1. The molecule has 0 aliphatic heterocycles. The summed E-state index contributed by atoms with van der Waals surface area (Å²) in [6.45, 7) is 1.50. The number of aryl methyl sites for hydroxylation is 2. The van der Waals surface area contributed by atoms with Gasteiger partial charge in [0.15, 0.2) is 0 Å². The van der Waals surface area contributed by atoms with Crippen LogP contribution in [0.3, 0.4) is 0 Å².